The van der Waals surface area contributed by atoms with Crippen molar-refractivity contribution >= 4 is 5.97 Å². The number of carbonyl (C=O) groups excluding carboxylic acids is 1. The molecule has 32 heavy (non-hydrogen) atoms. The van der Waals surface area contributed by atoms with E-state index in [4.69, 9.17) is 4.74 Å². The normalized spacial score (nSPS) is 40.3. The van der Waals surface area contributed by atoms with Gasteiger partial charge in [0, 0.05) is 23.1 Å². The molecule has 5 rings (SSSR count). The number of aromatic nitrogens is 1. The van der Waals surface area contributed by atoms with Crippen LogP contribution >= 0.6 is 0 Å². The highest BCUT2D eigenvalue weighted by Gasteiger charge is 2.67. The molecule has 5 nitrogen and oxygen atoms in total. The second kappa shape index (κ2) is 7.17. The zero-order valence-electron chi connectivity index (χ0n) is 20.5. The number of esters is 1. The highest BCUT2D eigenvalue weighted by Crippen LogP contribution is 2.72. The maximum absolute atomic E-state index is 13.3. The lowest BCUT2D eigenvalue weighted by Crippen LogP contribution is -2.48. The molecule has 0 radical (unpaired) electrons. The van der Waals surface area contributed by atoms with E-state index in [1.807, 2.05) is 13.8 Å². The molecular weight excluding hydrogens is 402 g/mol. The van der Waals surface area contributed by atoms with Crippen LogP contribution in [0.5, 0.6) is 11.8 Å². The Morgan fingerprint density at radius 2 is 1.53 bits per heavy atom. The van der Waals surface area contributed by atoms with E-state index in [0.717, 1.165) is 49.1 Å². The molecule has 1 spiro atoms. The van der Waals surface area contributed by atoms with Crippen LogP contribution in [-0.2, 0) is 9.53 Å². The molecular formula is C27H41NO4. The molecule has 4 fully saturated rings. The van der Waals surface area contributed by atoms with E-state index in [1.54, 1.807) is 4.57 Å². The van der Waals surface area contributed by atoms with Crippen LogP contribution in [0.15, 0.2) is 0 Å². The maximum atomic E-state index is 13.3. The Balaban J connectivity index is 1.26. The second-order valence-corrected chi connectivity index (χ2v) is 12.4. The van der Waals surface area contributed by atoms with Gasteiger partial charge in [-0.3, -0.25) is 9.36 Å². The highest BCUT2D eigenvalue weighted by atomic mass is 16.6. The lowest BCUT2D eigenvalue weighted by atomic mass is 9.66. The fourth-order valence-electron chi connectivity index (χ4n) is 8.68. The highest BCUT2D eigenvalue weighted by molar-refractivity contribution is 5.73. The van der Waals surface area contributed by atoms with Crippen LogP contribution in [0.4, 0.5) is 0 Å². The Morgan fingerprint density at radius 1 is 0.906 bits per heavy atom. The number of aromatic hydroxyl groups is 2. The summed E-state index contributed by atoms with van der Waals surface area (Å²) in [6.07, 6.45) is 10.5. The summed E-state index contributed by atoms with van der Waals surface area (Å²) in [5, 5.41) is 20.9. The number of ether oxygens (including phenoxy) is 1. The van der Waals surface area contributed by atoms with E-state index in [1.165, 1.54) is 32.1 Å². The Hall–Kier alpha value is -1.65. The summed E-state index contributed by atoms with van der Waals surface area (Å²) in [5.41, 5.74) is 1.86. The van der Waals surface area contributed by atoms with E-state index < -0.39 is 0 Å². The molecule has 2 bridgehead atoms. The molecule has 178 valence electrons. The quantitative estimate of drug-likeness (QED) is 0.548. The lowest BCUT2D eigenvalue weighted by Gasteiger charge is -2.46. The van der Waals surface area contributed by atoms with Gasteiger partial charge < -0.3 is 14.9 Å². The minimum Gasteiger partial charge on any atom is -0.494 e. The Morgan fingerprint density at radius 3 is 2.16 bits per heavy atom. The number of fused-ring (bicyclic) bond motifs is 1. The van der Waals surface area contributed by atoms with Gasteiger partial charge >= 0.3 is 5.97 Å². The van der Waals surface area contributed by atoms with Gasteiger partial charge in [-0.1, -0.05) is 20.3 Å². The molecule has 2 N–H and O–H groups in total. The molecule has 1 aromatic rings. The number of nitrogens with zero attached hydrogens (tertiary/aromatic N) is 1. The number of hydrogen-bond acceptors (Lipinski definition) is 4. The van der Waals surface area contributed by atoms with Gasteiger partial charge in [0.25, 0.3) is 0 Å². The minimum absolute atomic E-state index is 0.0249. The van der Waals surface area contributed by atoms with Gasteiger partial charge in [-0.2, -0.15) is 0 Å². The molecule has 0 aliphatic heterocycles. The topological polar surface area (TPSA) is 71.7 Å². The maximum Gasteiger partial charge on any atom is 0.309 e. The molecule has 1 aromatic heterocycles. The van der Waals surface area contributed by atoms with Crippen molar-refractivity contribution in [3.05, 3.63) is 11.1 Å². The van der Waals surface area contributed by atoms with Crippen molar-refractivity contribution in [3.8, 4) is 11.8 Å². The molecule has 4 unspecified atom stereocenters. The SMILES string of the molecule is Cc1c(C)c(O)n(C2CCC(C(=O)OC3(C)CCC45CCCC4C(C)(C)C3C5)CC2)c1O. The van der Waals surface area contributed by atoms with Crippen LogP contribution < -0.4 is 0 Å². The Labute approximate surface area is 192 Å². The van der Waals surface area contributed by atoms with Crippen LogP contribution in [0, 0.1) is 42.4 Å². The van der Waals surface area contributed by atoms with Crippen molar-refractivity contribution in [2.75, 3.05) is 0 Å². The smallest absolute Gasteiger partial charge is 0.309 e. The van der Waals surface area contributed by atoms with Gasteiger partial charge in [0.1, 0.15) is 5.60 Å². The fourth-order valence-corrected chi connectivity index (χ4v) is 8.68. The number of rotatable bonds is 3. The standard InChI is InChI=1S/C27H41NO4/c1-16-17(2)23(30)28(22(16)29)19-10-8-18(9-11-19)24(31)32-26(5)13-14-27-12-6-7-20(27)25(3,4)21(26)15-27/h18-21,29-30H,6-15H2,1-5H3. The Kier molecular flexibility index (Phi) is 4.97. The monoisotopic (exact) mass is 443 g/mol. The van der Waals surface area contributed by atoms with E-state index in [0.29, 0.717) is 11.3 Å². The summed E-state index contributed by atoms with van der Waals surface area (Å²) in [6.45, 7) is 10.7. The second-order valence-electron chi connectivity index (χ2n) is 12.4. The summed E-state index contributed by atoms with van der Waals surface area (Å²) in [5.74, 6) is 1.44. The van der Waals surface area contributed by atoms with E-state index >= 15 is 0 Å². The first-order chi connectivity index (χ1) is 15.0. The zero-order valence-corrected chi connectivity index (χ0v) is 20.5. The zero-order chi connectivity index (χ0) is 23.1. The van der Waals surface area contributed by atoms with Crippen molar-refractivity contribution in [2.45, 2.75) is 110 Å². The van der Waals surface area contributed by atoms with Crippen LogP contribution in [0.25, 0.3) is 0 Å². The summed E-state index contributed by atoms with van der Waals surface area (Å²) in [7, 11) is 0. The molecule has 4 saturated carbocycles. The van der Waals surface area contributed by atoms with Gasteiger partial charge in [0.2, 0.25) is 0 Å². The molecule has 0 amide bonds. The molecule has 0 aromatic carbocycles. The largest absolute Gasteiger partial charge is 0.494 e. The van der Waals surface area contributed by atoms with Crippen LogP contribution in [0.2, 0.25) is 0 Å². The summed E-state index contributed by atoms with van der Waals surface area (Å²) in [6, 6.07) is 0.0321. The number of carbonyl (C=O) groups is 1. The van der Waals surface area contributed by atoms with Crippen LogP contribution in [0.1, 0.15) is 102 Å². The molecule has 0 saturated heterocycles. The third-order valence-corrected chi connectivity index (χ3v) is 10.6. The van der Waals surface area contributed by atoms with Gasteiger partial charge in [-0.05, 0) is 95.3 Å². The first-order valence-electron chi connectivity index (χ1n) is 12.8. The van der Waals surface area contributed by atoms with Gasteiger partial charge in [-0.25, -0.2) is 0 Å². The van der Waals surface area contributed by atoms with E-state index in [9.17, 15) is 15.0 Å². The van der Waals surface area contributed by atoms with Crippen molar-refractivity contribution in [3.63, 3.8) is 0 Å². The van der Waals surface area contributed by atoms with Gasteiger partial charge in [0.15, 0.2) is 11.8 Å². The van der Waals surface area contributed by atoms with Crippen LogP contribution in [-0.4, -0.2) is 26.4 Å². The van der Waals surface area contributed by atoms with Crippen molar-refractivity contribution in [2.24, 2.45) is 28.6 Å². The third-order valence-electron chi connectivity index (χ3n) is 10.6. The van der Waals surface area contributed by atoms with Gasteiger partial charge in [-0.15, -0.1) is 0 Å². The van der Waals surface area contributed by atoms with Crippen LogP contribution in [0.3, 0.4) is 0 Å². The molecule has 4 atom stereocenters. The molecule has 4 aliphatic rings. The average Bonchev–Trinajstić information content (AvgIpc) is 3.32. The number of hydrogen-bond donors (Lipinski definition) is 2. The van der Waals surface area contributed by atoms with Crippen molar-refractivity contribution < 1.29 is 19.7 Å². The first-order valence-corrected chi connectivity index (χ1v) is 12.8. The summed E-state index contributed by atoms with van der Waals surface area (Å²) >= 11 is 0. The summed E-state index contributed by atoms with van der Waals surface area (Å²) in [4.78, 5) is 13.3. The lowest BCUT2D eigenvalue weighted by molar-refractivity contribution is -0.179. The predicted molar refractivity (Wildman–Crippen MR) is 124 cm³/mol. The molecule has 4 aliphatic carbocycles. The predicted octanol–water partition coefficient (Wildman–Crippen LogP) is 6.18. The third kappa shape index (κ3) is 2.98. The average molecular weight is 444 g/mol. The molecule has 1 heterocycles. The molecule has 5 heteroatoms. The van der Waals surface area contributed by atoms with E-state index in [2.05, 4.69) is 20.8 Å². The fraction of sp³-hybridized carbons (Fsp3) is 0.815. The Bertz CT molecular complexity index is 899. The summed E-state index contributed by atoms with van der Waals surface area (Å²) < 4.78 is 8.07. The van der Waals surface area contributed by atoms with E-state index in [-0.39, 0.29) is 40.7 Å². The van der Waals surface area contributed by atoms with Gasteiger partial charge in [0.05, 0.1) is 5.92 Å². The first kappa shape index (κ1) is 22.2. The van der Waals surface area contributed by atoms with Crippen molar-refractivity contribution in [1.29, 1.82) is 0 Å². The van der Waals surface area contributed by atoms with Crippen molar-refractivity contribution in [1.82, 2.24) is 4.57 Å². The minimum atomic E-state index is -0.349.